The van der Waals surface area contributed by atoms with E-state index < -0.39 is 5.76 Å². The van der Waals surface area contributed by atoms with Crippen molar-refractivity contribution in [3.63, 3.8) is 0 Å². The Morgan fingerprint density at radius 1 is 1.08 bits per heavy atom. The molecule has 7 nitrogen and oxygen atoms in total. The molecule has 128 valence electrons. The lowest BCUT2D eigenvalue weighted by molar-refractivity contribution is -0.115. The molecular weight excluding hydrogens is 322 g/mol. The van der Waals surface area contributed by atoms with Gasteiger partial charge in [-0.2, -0.15) is 0 Å². The van der Waals surface area contributed by atoms with Gasteiger partial charge in [0.05, 0.1) is 12.1 Å². The minimum Gasteiger partial charge on any atom is -0.408 e. The summed E-state index contributed by atoms with van der Waals surface area (Å²) in [5.74, 6) is -1.24. The summed E-state index contributed by atoms with van der Waals surface area (Å²) < 4.78 is 4.89. The van der Waals surface area contributed by atoms with Crippen LogP contribution in [0.2, 0.25) is 0 Å². The standard InChI is InChI=1S/C18H17N3O4/c1-10-3-4-12(7-11(10)2)17(23)19-9-16(22)20-13-5-6-15-14(8-13)21-18(24)25-15/h3-8H,9H2,1-2H3,(H,19,23)(H,20,22)(H,21,24). The minimum atomic E-state index is -0.556. The van der Waals surface area contributed by atoms with Crippen LogP contribution in [0.5, 0.6) is 0 Å². The number of hydrogen-bond acceptors (Lipinski definition) is 4. The van der Waals surface area contributed by atoms with Crippen LogP contribution in [-0.4, -0.2) is 23.3 Å². The second-order valence-corrected chi connectivity index (χ2v) is 5.76. The van der Waals surface area contributed by atoms with Crippen LogP contribution in [0.3, 0.4) is 0 Å². The molecule has 0 atom stereocenters. The topological polar surface area (TPSA) is 104 Å². The summed E-state index contributed by atoms with van der Waals surface area (Å²) in [5, 5.41) is 5.23. The van der Waals surface area contributed by atoms with Crippen LogP contribution in [0.15, 0.2) is 45.6 Å². The maximum atomic E-state index is 12.1. The number of H-pyrrole nitrogens is 1. The molecule has 0 aliphatic carbocycles. The van der Waals surface area contributed by atoms with Gasteiger partial charge in [-0.25, -0.2) is 4.79 Å². The lowest BCUT2D eigenvalue weighted by Crippen LogP contribution is -2.32. The number of anilines is 1. The van der Waals surface area contributed by atoms with Gasteiger partial charge in [-0.05, 0) is 55.3 Å². The van der Waals surface area contributed by atoms with Crippen molar-refractivity contribution in [2.45, 2.75) is 13.8 Å². The fourth-order valence-corrected chi connectivity index (χ4v) is 2.38. The summed E-state index contributed by atoms with van der Waals surface area (Å²) in [6, 6.07) is 10.2. The van der Waals surface area contributed by atoms with Crippen molar-refractivity contribution < 1.29 is 14.0 Å². The van der Waals surface area contributed by atoms with Crippen molar-refractivity contribution in [2.75, 3.05) is 11.9 Å². The highest BCUT2D eigenvalue weighted by molar-refractivity contribution is 6.00. The average molecular weight is 339 g/mol. The number of aromatic amines is 1. The van der Waals surface area contributed by atoms with Crippen LogP contribution in [0.1, 0.15) is 21.5 Å². The van der Waals surface area contributed by atoms with Gasteiger partial charge in [0.1, 0.15) is 0 Å². The monoisotopic (exact) mass is 339 g/mol. The van der Waals surface area contributed by atoms with E-state index >= 15 is 0 Å². The SMILES string of the molecule is Cc1ccc(C(=O)NCC(=O)Nc2ccc3oc(=O)[nH]c3c2)cc1C. The molecule has 1 heterocycles. The second kappa shape index (κ2) is 6.64. The quantitative estimate of drug-likeness (QED) is 0.677. The van der Waals surface area contributed by atoms with Gasteiger partial charge in [0.2, 0.25) is 5.91 Å². The summed E-state index contributed by atoms with van der Waals surface area (Å²) in [6.07, 6.45) is 0. The summed E-state index contributed by atoms with van der Waals surface area (Å²) in [4.78, 5) is 37.7. The molecule has 0 saturated carbocycles. The Morgan fingerprint density at radius 3 is 2.64 bits per heavy atom. The zero-order valence-corrected chi connectivity index (χ0v) is 13.8. The number of rotatable bonds is 4. The molecule has 0 spiro atoms. The van der Waals surface area contributed by atoms with E-state index in [1.165, 1.54) is 0 Å². The molecule has 0 aliphatic rings. The predicted octanol–water partition coefficient (Wildman–Crippen LogP) is 2.11. The molecule has 0 saturated heterocycles. The first-order chi connectivity index (χ1) is 11.9. The molecule has 7 heteroatoms. The van der Waals surface area contributed by atoms with Crippen LogP contribution >= 0.6 is 0 Å². The largest absolute Gasteiger partial charge is 0.417 e. The highest BCUT2D eigenvalue weighted by atomic mass is 16.4. The molecule has 25 heavy (non-hydrogen) atoms. The van der Waals surface area contributed by atoms with Crippen LogP contribution in [0.25, 0.3) is 11.1 Å². The molecule has 0 fully saturated rings. The van der Waals surface area contributed by atoms with Crippen LogP contribution in [-0.2, 0) is 4.79 Å². The summed E-state index contributed by atoms with van der Waals surface area (Å²) in [5.41, 5.74) is 4.01. The third-order valence-corrected chi connectivity index (χ3v) is 3.88. The zero-order valence-electron chi connectivity index (χ0n) is 13.8. The molecule has 0 bridgehead atoms. The molecule has 0 unspecified atom stereocenters. The number of aromatic nitrogens is 1. The number of fused-ring (bicyclic) bond motifs is 1. The number of nitrogens with one attached hydrogen (secondary N) is 3. The highest BCUT2D eigenvalue weighted by Gasteiger charge is 2.10. The van der Waals surface area contributed by atoms with Crippen LogP contribution < -0.4 is 16.4 Å². The number of benzene rings is 2. The Morgan fingerprint density at radius 2 is 1.88 bits per heavy atom. The summed E-state index contributed by atoms with van der Waals surface area (Å²) >= 11 is 0. The molecule has 2 amide bonds. The van der Waals surface area contributed by atoms with Gasteiger partial charge in [-0.1, -0.05) is 6.07 Å². The fraction of sp³-hybridized carbons (Fsp3) is 0.167. The first kappa shape index (κ1) is 16.5. The van der Waals surface area contributed by atoms with E-state index in [1.807, 2.05) is 19.9 Å². The van der Waals surface area contributed by atoms with E-state index in [0.717, 1.165) is 11.1 Å². The Bertz CT molecular complexity index is 1020. The second-order valence-electron chi connectivity index (χ2n) is 5.76. The highest BCUT2D eigenvalue weighted by Crippen LogP contribution is 2.16. The van der Waals surface area contributed by atoms with Gasteiger partial charge in [0.15, 0.2) is 5.58 Å². The number of aryl methyl sites for hydroxylation is 2. The fourth-order valence-electron chi connectivity index (χ4n) is 2.38. The molecule has 0 aliphatic heterocycles. The van der Waals surface area contributed by atoms with E-state index in [0.29, 0.717) is 22.4 Å². The normalized spacial score (nSPS) is 10.6. The van der Waals surface area contributed by atoms with Crippen molar-refractivity contribution in [3.8, 4) is 0 Å². The van der Waals surface area contributed by atoms with Gasteiger partial charge >= 0.3 is 5.76 Å². The maximum absolute atomic E-state index is 12.1. The number of carbonyl (C=O) groups excluding carboxylic acids is 2. The first-order valence-electron chi connectivity index (χ1n) is 7.70. The predicted molar refractivity (Wildman–Crippen MR) is 93.7 cm³/mol. The number of hydrogen-bond donors (Lipinski definition) is 3. The summed E-state index contributed by atoms with van der Waals surface area (Å²) in [7, 11) is 0. The number of oxazole rings is 1. The van der Waals surface area contributed by atoms with Gasteiger partial charge in [-0.15, -0.1) is 0 Å². The Balaban J connectivity index is 1.60. The molecule has 3 aromatic rings. The van der Waals surface area contributed by atoms with Crippen LogP contribution in [0.4, 0.5) is 5.69 Å². The van der Waals surface area contributed by atoms with E-state index in [4.69, 9.17) is 4.42 Å². The van der Waals surface area contributed by atoms with E-state index in [2.05, 4.69) is 15.6 Å². The third kappa shape index (κ3) is 3.77. The van der Waals surface area contributed by atoms with E-state index in [9.17, 15) is 14.4 Å². The van der Waals surface area contributed by atoms with Crippen molar-refractivity contribution in [1.29, 1.82) is 0 Å². The minimum absolute atomic E-state index is 0.161. The first-order valence-corrected chi connectivity index (χ1v) is 7.70. The van der Waals surface area contributed by atoms with Crippen molar-refractivity contribution >= 4 is 28.6 Å². The Labute approximate surface area is 143 Å². The van der Waals surface area contributed by atoms with Crippen molar-refractivity contribution in [2.24, 2.45) is 0 Å². The van der Waals surface area contributed by atoms with Crippen molar-refractivity contribution in [1.82, 2.24) is 10.3 Å². The lowest BCUT2D eigenvalue weighted by Gasteiger charge is -2.08. The number of amides is 2. The summed E-state index contributed by atoms with van der Waals surface area (Å²) in [6.45, 7) is 3.73. The Hall–Kier alpha value is -3.35. The number of carbonyl (C=O) groups is 2. The molecule has 3 N–H and O–H groups in total. The van der Waals surface area contributed by atoms with Gasteiger partial charge in [-0.3, -0.25) is 14.6 Å². The molecule has 1 aromatic heterocycles. The molecule has 0 radical (unpaired) electrons. The molecular formula is C18H17N3O4. The lowest BCUT2D eigenvalue weighted by atomic mass is 10.1. The van der Waals surface area contributed by atoms with E-state index in [-0.39, 0.29) is 18.4 Å². The zero-order chi connectivity index (χ0) is 18.0. The van der Waals surface area contributed by atoms with Crippen molar-refractivity contribution in [3.05, 3.63) is 63.6 Å². The molecule has 2 aromatic carbocycles. The Kier molecular flexibility index (Phi) is 4.38. The molecule has 3 rings (SSSR count). The average Bonchev–Trinajstić information content (AvgIpc) is 2.94. The third-order valence-electron chi connectivity index (χ3n) is 3.88. The maximum Gasteiger partial charge on any atom is 0.417 e. The van der Waals surface area contributed by atoms with Gasteiger partial charge in [0, 0.05) is 11.3 Å². The van der Waals surface area contributed by atoms with E-state index in [1.54, 1.807) is 30.3 Å². The van der Waals surface area contributed by atoms with Crippen LogP contribution in [0, 0.1) is 13.8 Å². The van der Waals surface area contributed by atoms with Gasteiger partial charge in [0.25, 0.3) is 5.91 Å². The van der Waals surface area contributed by atoms with Gasteiger partial charge < -0.3 is 15.1 Å². The smallest absolute Gasteiger partial charge is 0.408 e.